The second-order valence-corrected chi connectivity index (χ2v) is 8.40. The number of benzene rings is 1. The van der Waals surface area contributed by atoms with Gasteiger partial charge in [0.25, 0.3) is 0 Å². The summed E-state index contributed by atoms with van der Waals surface area (Å²) in [6.07, 6.45) is 3.48. The molecule has 7 heteroatoms. The molecule has 4 rings (SSSR count). The number of ketones is 1. The first kappa shape index (κ1) is 20.0. The first-order valence-corrected chi connectivity index (χ1v) is 10.4. The molecule has 0 spiro atoms. The molecule has 1 aromatic carbocycles. The Balaban J connectivity index is 1.65. The average Bonchev–Trinajstić information content (AvgIpc) is 3.35. The zero-order valence-electron chi connectivity index (χ0n) is 16.7. The zero-order chi connectivity index (χ0) is 20.6. The number of fused-ring (bicyclic) bond motifs is 2. The van der Waals surface area contributed by atoms with E-state index in [1.54, 1.807) is 17.0 Å². The lowest BCUT2D eigenvalue weighted by Gasteiger charge is -2.45. The van der Waals surface area contributed by atoms with Gasteiger partial charge in [-0.05, 0) is 43.4 Å². The normalized spacial score (nSPS) is 29.3. The van der Waals surface area contributed by atoms with E-state index in [2.05, 4.69) is 4.90 Å². The minimum atomic E-state index is -1.46. The summed E-state index contributed by atoms with van der Waals surface area (Å²) in [6, 6.07) is 5.93. The number of carbonyl (C=O) groups excluding carboxylic acids is 3. The standard InChI is InChI=1S/C22H27FN2O4/c1-29-21(28)22(13-20(27)24-10-2-3-11-24)18-9-8-17(12-19(22)26)25(18)14-15-4-6-16(23)7-5-15/h4-7,17-18H,2-3,8-14H2,1H3/t17-,18-,22-/m1/s1. The van der Waals surface area contributed by atoms with Gasteiger partial charge in [-0.3, -0.25) is 19.3 Å². The Hall–Kier alpha value is -2.28. The number of likely N-dealkylation sites (tertiary alicyclic amines) is 1. The smallest absolute Gasteiger partial charge is 0.321 e. The largest absolute Gasteiger partial charge is 0.468 e. The monoisotopic (exact) mass is 402 g/mol. The van der Waals surface area contributed by atoms with Crippen molar-refractivity contribution >= 4 is 17.7 Å². The third-order valence-corrected chi connectivity index (χ3v) is 6.85. The molecule has 1 amide bonds. The Kier molecular flexibility index (Phi) is 5.42. The van der Waals surface area contributed by atoms with Crippen LogP contribution >= 0.6 is 0 Å². The van der Waals surface area contributed by atoms with Crippen LogP contribution in [0.3, 0.4) is 0 Å². The second kappa shape index (κ2) is 7.86. The van der Waals surface area contributed by atoms with Gasteiger partial charge in [0.05, 0.1) is 13.5 Å². The highest BCUT2D eigenvalue weighted by Gasteiger charge is 2.62. The maximum Gasteiger partial charge on any atom is 0.321 e. The summed E-state index contributed by atoms with van der Waals surface area (Å²) in [5.41, 5.74) is -0.538. The van der Waals surface area contributed by atoms with Gasteiger partial charge in [-0.1, -0.05) is 12.1 Å². The fourth-order valence-electron chi connectivity index (χ4n) is 5.34. The van der Waals surface area contributed by atoms with Crippen molar-refractivity contribution in [3.8, 4) is 0 Å². The molecule has 29 heavy (non-hydrogen) atoms. The fourth-order valence-corrected chi connectivity index (χ4v) is 5.34. The number of halogens is 1. The number of carbonyl (C=O) groups is 3. The van der Waals surface area contributed by atoms with E-state index < -0.39 is 11.4 Å². The molecule has 0 aliphatic carbocycles. The van der Waals surface area contributed by atoms with Gasteiger partial charge in [0, 0.05) is 38.1 Å². The lowest BCUT2D eigenvalue weighted by atomic mass is 9.69. The van der Waals surface area contributed by atoms with E-state index in [1.807, 2.05) is 0 Å². The Morgan fingerprint density at radius 1 is 1.17 bits per heavy atom. The van der Waals surface area contributed by atoms with Crippen LogP contribution in [0.5, 0.6) is 0 Å². The second-order valence-electron chi connectivity index (χ2n) is 8.40. The number of rotatable bonds is 5. The van der Waals surface area contributed by atoms with Gasteiger partial charge >= 0.3 is 5.97 Å². The first-order chi connectivity index (χ1) is 14.0. The Morgan fingerprint density at radius 3 is 2.52 bits per heavy atom. The van der Waals surface area contributed by atoms with E-state index in [9.17, 15) is 18.8 Å². The van der Waals surface area contributed by atoms with Gasteiger partial charge < -0.3 is 9.64 Å². The van der Waals surface area contributed by atoms with Gasteiger partial charge in [0.1, 0.15) is 5.82 Å². The summed E-state index contributed by atoms with van der Waals surface area (Å²) in [7, 11) is 1.28. The van der Waals surface area contributed by atoms with Crippen LogP contribution in [-0.2, 0) is 25.7 Å². The van der Waals surface area contributed by atoms with Gasteiger partial charge in [0.15, 0.2) is 11.2 Å². The van der Waals surface area contributed by atoms with Crippen LogP contribution in [0.25, 0.3) is 0 Å². The zero-order valence-corrected chi connectivity index (χ0v) is 16.7. The highest BCUT2D eigenvalue weighted by atomic mass is 19.1. The van der Waals surface area contributed by atoms with E-state index in [0.29, 0.717) is 26.1 Å². The van der Waals surface area contributed by atoms with Crippen molar-refractivity contribution in [3.05, 3.63) is 35.6 Å². The molecule has 3 heterocycles. The number of esters is 1. The van der Waals surface area contributed by atoms with Crippen molar-refractivity contribution in [2.45, 2.75) is 57.2 Å². The molecule has 2 bridgehead atoms. The Labute approximate surface area is 170 Å². The molecule has 3 aliphatic heterocycles. The number of ether oxygens (including phenoxy) is 1. The van der Waals surface area contributed by atoms with Crippen molar-refractivity contribution in [2.24, 2.45) is 5.41 Å². The van der Waals surface area contributed by atoms with Gasteiger partial charge in [-0.15, -0.1) is 0 Å². The van der Waals surface area contributed by atoms with Crippen LogP contribution < -0.4 is 0 Å². The maximum atomic E-state index is 13.3. The van der Waals surface area contributed by atoms with E-state index in [-0.39, 0.29) is 42.4 Å². The number of nitrogens with zero attached hydrogens (tertiary/aromatic N) is 2. The molecule has 1 aromatic rings. The van der Waals surface area contributed by atoms with E-state index in [0.717, 1.165) is 24.8 Å². The van der Waals surface area contributed by atoms with Crippen molar-refractivity contribution in [3.63, 3.8) is 0 Å². The van der Waals surface area contributed by atoms with Crippen LogP contribution in [0.1, 0.15) is 44.1 Å². The lowest BCUT2D eigenvalue weighted by Crippen LogP contribution is -2.61. The SMILES string of the molecule is COC(=O)[C@@]1(CC(=O)N2CCCC2)C(=O)C[C@H]2CC[C@H]1N2Cc1ccc(F)cc1. The molecule has 156 valence electrons. The third kappa shape index (κ3) is 3.45. The van der Waals surface area contributed by atoms with Crippen molar-refractivity contribution in [2.75, 3.05) is 20.2 Å². The summed E-state index contributed by atoms with van der Waals surface area (Å²) >= 11 is 0. The maximum absolute atomic E-state index is 13.3. The quantitative estimate of drug-likeness (QED) is 0.559. The van der Waals surface area contributed by atoms with E-state index in [4.69, 9.17) is 4.74 Å². The molecule has 3 fully saturated rings. The Morgan fingerprint density at radius 2 is 1.86 bits per heavy atom. The van der Waals surface area contributed by atoms with Crippen LogP contribution in [0.2, 0.25) is 0 Å². The molecule has 0 unspecified atom stereocenters. The highest BCUT2D eigenvalue weighted by molar-refractivity contribution is 6.08. The van der Waals surface area contributed by atoms with Crippen LogP contribution in [0.4, 0.5) is 4.39 Å². The third-order valence-electron chi connectivity index (χ3n) is 6.85. The lowest BCUT2D eigenvalue weighted by molar-refractivity contribution is -0.170. The van der Waals surface area contributed by atoms with Crippen LogP contribution in [0, 0.1) is 11.2 Å². The molecular weight excluding hydrogens is 375 g/mol. The minimum Gasteiger partial charge on any atom is -0.468 e. The summed E-state index contributed by atoms with van der Waals surface area (Å²) in [6.45, 7) is 1.87. The topological polar surface area (TPSA) is 66.9 Å². The van der Waals surface area contributed by atoms with Gasteiger partial charge in [-0.25, -0.2) is 4.39 Å². The molecular formula is C22H27FN2O4. The number of amides is 1. The molecule has 0 N–H and O–H groups in total. The van der Waals surface area contributed by atoms with Crippen LogP contribution in [-0.4, -0.2) is 59.7 Å². The summed E-state index contributed by atoms with van der Waals surface area (Å²) in [5, 5.41) is 0. The average molecular weight is 402 g/mol. The number of hydrogen-bond acceptors (Lipinski definition) is 5. The van der Waals surface area contributed by atoms with Crippen molar-refractivity contribution < 1.29 is 23.5 Å². The number of methoxy groups -OCH3 is 1. The summed E-state index contributed by atoms with van der Waals surface area (Å²) in [4.78, 5) is 43.1. The number of hydrogen-bond donors (Lipinski definition) is 0. The summed E-state index contributed by atoms with van der Waals surface area (Å²) < 4.78 is 18.4. The Bertz CT molecular complexity index is 806. The van der Waals surface area contributed by atoms with Crippen LogP contribution in [0.15, 0.2) is 24.3 Å². The molecule has 0 radical (unpaired) electrons. The molecule has 6 nitrogen and oxygen atoms in total. The highest BCUT2D eigenvalue weighted by Crippen LogP contribution is 2.48. The van der Waals surface area contributed by atoms with Crippen molar-refractivity contribution in [1.82, 2.24) is 9.80 Å². The number of piperidine rings is 1. The van der Waals surface area contributed by atoms with Gasteiger partial charge in [-0.2, -0.15) is 0 Å². The first-order valence-electron chi connectivity index (χ1n) is 10.4. The fraction of sp³-hybridized carbons (Fsp3) is 0.591. The molecule has 0 aromatic heterocycles. The van der Waals surface area contributed by atoms with Gasteiger partial charge in [0.2, 0.25) is 5.91 Å². The van der Waals surface area contributed by atoms with Crippen molar-refractivity contribution in [1.29, 1.82) is 0 Å². The predicted molar refractivity (Wildman–Crippen MR) is 103 cm³/mol. The minimum absolute atomic E-state index is 0.0391. The molecule has 3 aliphatic rings. The number of Topliss-reactive ketones (excluding diaryl/α,β-unsaturated/α-hetero) is 1. The summed E-state index contributed by atoms with van der Waals surface area (Å²) in [5.74, 6) is -1.23. The molecule has 3 saturated heterocycles. The molecule has 3 atom stereocenters. The molecule has 0 saturated carbocycles. The van der Waals surface area contributed by atoms with E-state index in [1.165, 1.54) is 19.2 Å². The predicted octanol–water partition coefficient (Wildman–Crippen LogP) is 2.30. The van der Waals surface area contributed by atoms with E-state index >= 15 is 0 Å².